The number of phenols is 1. The molecule has 0 aromatic heterocycles. The predicted octanol–water partition coefficient (Wildman–Crippen LogP) is 2.95. The molecule has 0 radical (unpaired) electrons. The van der Waals surface area contributed by atoms with Crippen molar-refractivity contribution in [2.24, 2.45) is 0 Å². The average molecular weight is 471 g/mol. The summed E-state index contributed by atoms with van der Waals surface area (Å²) in [6, 6.07) is 23.2. The average Bonchev–Trinajstić information content (AvgIpc) is 2.82. The first kappa shape index (κ1) is 24.6. The summed E-state index contributed by atoms with van der Waals surface area (Å²) in [5.74, 6) is 0.780. The van der Waals surface area contributed by atoms with Crippen LogP contribution in [0.4, 0.5) is 5.69 Å². The highest BCUT2D eigenvalue weighted by Crippen LogP contribution is 2.16. The van der Waals surface area contributed by atoms with Crippen LogP contribution in [-0.2, 0) is 22.9 Å². The molecular weight excluding hydrogens is 440 g/mol. The highest BCUT2D eigenvalue weighted by Gasteiger charge is 2.11. The maximum atomic E-state index is 12.3. The van der Waals surface area contributed by atoms with E-state index in [9.17, 15) is 18.6 Å². The van der Waals surface area contributed by atoms with Crippen molar-refractivity contribution in [2.75, 3.05) is 30.2 Å². The van der Waals surface area contributed by atoms with Crippen molar-refractivity contribution < 1.29 is 23.4 Å². The van der Waals surface area contributed by atoms with E-state index in [4.69, 9.17) is 4.74 Å². The van der Waals surface area contributed by atoms with Crippen molar-refractivity contribution in [1.82, 2.24) is 5.32 Å². The number of aromatic hydroxyl groups is 1. The predicted molar refractivity (Wildman–Crippen MR) is 130 cm³/mol. The van der Waals surface area contributed by atoms with Gasteiger partial charge in [-0.15, -0.1) is 0 Å². The number of hydrogen-bond acceptors (Lipinski definition) is 6. The van der Waals surface area contributed by atoms with Gasteiger partial charge in [0.15, 0.2) is 0 Å². The maximum Gasteiger partial charge on any atom is 0.233 e. The first-order valence-corrected chi connectivity index (χ1v) is 12.5. The lowest BCUT2D eigenvalue weighted by atomic mass is 10.1. The molecule has 1 unspecified atom stereocenters. The standard InChI is InChI=1S/C25H30N2O5S/c28-23-10-12-25(13-11-23)32-19-24(29)18-26-16-14-21-6-8-22(9-7-21)27-33(30,31)17-15-20-4-2-1-3-5-20/h1-13,24,26-29H,14-19H2. The molecule has 0 aliphatic heterocycles. The van der Waals surface area contributed by atoms with Crippen LogP contribution in [0.25, 0.3) is 0 Å². The molecule has 0 saturated heterocycles. The minimum Gasteiger partial charge on any atom is -0.508 e. The Balaban J connectivity index is 1.34. The number of ether oxygens (including phenoxy) is 1. The molecule has 0 bridgehead atoms. The van der Waals surface area contributed by atoms with E-state index in [-0.39, 0.29) is 18.1 Å². The fourth-order valence-electron chi connectivity index (χ4n) is 3.16. The molecule has 0 aliphatic rings. The third kappa shape index (κ3) is 9.13. The van der Waals surface area contributed by atoms with E-state index in [2.05, 4.69) is 10.0 Å². The Kier molecular flexibility index (Phi) is 9.12. The van der Waals surface area contributed by atoms with Gasteiger partial charge in [0.05, 0.1) is 5.75 Å². The van der Waals surface area contributed by atoms with Crippen molar-refractivity contribution >= 4 is 15.7 Å². The molecule has 0 saturated carbocycles. The summed E-state index contributed by atoms with van der Waals surface area (Å²) in [7, 11) is -3.42. The third-order valence-electron chi connectivity index (χ3n) is 4.98. The number of aryl methyl sites for hydroxylation is 1. The molecule has 1 atom stereocenters. The Hall–Kier alpha value is -3.07. The summed E-state index contributed by atoms with van der Waals surface area (Å²) in [6.45, 7) is 1.20. The number of sulfonamides is 1. The molecule has 4 N–H and O–H groups in total. The summed E-state index contributed by atoms with van der Waals surface area (Å²) in [6.07, 6.45) is 0.546. The zero-order chi connectivity index (χ0) is 23.5. The monoisotopic (exact) mass is 470 g/mol. The fraction of sp³-hybridized carbons (Fsp3) is 0.280. The van der Waals surface area contributed by atoms with Crippen LogP contribution >= 0.6 is 0 Å². The lowest BCUT2D eigenvalue weighted by Gasteiger charge is -2.13. The van der Waals surface area contributed by atoms with Crippen molar-refractivity contribution in [3.05, 3.63) is 90.0 Å². The van der Waals surface area contributed by atoms with Gasteiger partial charge in [0.25, 0.3) is 0 Å². The molecule has 0 amide bonds. The molecule has 0 aliphatic carbocycles. The van der Waals surface area contributed by atoms with Crippen LogP contribution in [0.5, 0.6) is 11.5 Å². The van der Waals surface area contributed by atoms with E-state index in [1.165, 1.54) is 12.1 Å². The minimum absolute atomic E-state index is 0.0292. The molecule has 176 valence electrons. The number of aliphatic hydroxyl groups is 1. The van der Waals surface area contributed by atoms with Crippen LogP contribution in [0.3, 0.4) is 0 Å². The smallest absolute Gasteiger partial charge is 0.233 e. The fourth-order valence-corrected chi connectivity index (χ4v) is 4.26. The van der Waals surface area contributed by atoms with Gasteiger partial charge >= 0.3 is 0 Å². The summed E-state index contributed by atoms with van der Waals surface area (Å²) in [5, 5.41) is 22.5. The number of rotatable bonds is 13. The number of benzene rings is 3. The van der Waals surface area contributed by atoms with Crippen molar-refractivity contribution in [1.29, 1.82) is 0 Å². The Labute approximate surface area is 195 Å². The Morgan fingerprint density at radius 3 is 2.21 bits per heavy atom. The molecule has 8 heteroatoms. The quantitative estimate of drug-likeness (QED) is 0.286. The summed E-state index contributed by atoms with van der Waals surface area (Å²) in [4.78, 5) is 0. The molecule has 7 nitrogen and oxygen atoms in total. The van der Waals surface area contributed by atoms with E-state index in [1.54, 1.807) is 24.3 Å². The molecular formula is C25H30N2O5S. The van der Waals surface area contributed by atoms with Gasteiger partial charge in [0.2, 0.25) is 10.0 Å². The highest BCUT2D eigenvalue weighted by atomic mass is 32.2. The van der Waals surface area contributed by atoms with Gasteiger partial charge in [-0.3, -0.25) is 4.72 Å². The first-order chi connectivity index (χ1) is 15.9. The van der Waals surface area contributed by atoms with E-state index in [1.807, 2.05) is 42.5 Å². The van der Waals surface area contributed by atoms with E-state index < -0.39 is 16.1 Å². The number of hydrogen-bond donors (Lipinski definition) is 4. The van der Waals surface area contributed by atoms with Crippen LogP contribution in [-0.4, -0.2) is 50.2 Å². The molecule has 3 aromatic rings. The van der Waals surface area contributed by atoms with Crippen LogP contribution in [0.1, 0.15) is 11.1 Å². The number of phenolic OH excluding ortho intramolecular Hbond substituents is 1. The highest BCUT2D eigenvalue weighted by molar-refractivity contribution is 7.92. The topological polar surface area (TPSA) is 108 Å². The summed E-state index contributed by atoms with van der Waals surface area (Å²) >= 11 is 0. The third-order valence-corrected chi connectivity index (χ3v) is 6.27. The second-order valence-electron chi connectivity index (χ2n) is 7.77. The number of anilines is 1. The van der Waals surface area contributed by atoms with Crippen LogP contribution in [0.15, 0.2) is 78.9 Å². The van der Waals surface area contributed by atoms with Gasteiger partial charge in [-0.05, 0) is 66.9 Å². The van der Waals surface area contributed by atoms with Gasteiger partial charge in [-0.2, -0.15) is 0 Å². The Morgan fingerprint density at radius 2 is 1.52 bits per heavy atom. The van der Waals surface area contributed by atoms with Crippen molar-refractivity contribution in [3.63, 3.8) is 0 Å². The van der Waals surface area contributed by atoms with Crippen LogP contribution in [0.2, 0.25) is 0 Å². The number of aliphatic hydroxyl groups excluding tert-OH is 1. The summed E-state index contributed by atoms with van der Waals surface area (Å²) < 4.78 is 32.8. The molecule has 0 spiro atoms. The lowest BCUT2D eigenvalue weighted by molar-refractivity contribution is 0.106. The van der Waals surface area contributed by atoms with E-state index in [0.717, 1.165) is 17.5 Å². The molecule has 3 aromatic carbocycles. The van der Waals surface area contributed by atoms with Crippen molar-refractivity contribution in [2.45, 2.75) is 18.9 Å². The first-order valence-electron chi connectivity index (χ1n) is 10.8. The van der Waals surface area contributed by atoms with Gasteiger partial charge in [0.1, 0.15) is 24.2 Å². The normalized spacial score (nSPS) is 12.3. The zero-order valence-corrected chi connectivity index (χ0v) is 19.2. The second kappa shape index (κ2) is 12.2. The maximum absolute atomic E-state index is 12.3. The molecule has 0 heterocycles. The van der Waals surface area contributed by atoms with E-state index in [0.29, 0.717) is 30.9 Å². The lowest BCUT2D eigenvalue weighted by Crippen LogP contribution is -2.32. The minimum atomic E-state index is -3.42. The van der Waals surface area contributed by atoms with Gasteiger partial charge < -0.3 is 20.3 Å². The van der Waals surface area contributed by atoms with Gasteiger partial charge in [-0.1, -0.05) is 42.5 Å². The van der Waals surface area contributed by atoms with Crippen molar-refractivity contribution in [3.8, 4) is 11.5 Å². The van der Waals surface area contributed by atoms with Crippen LogP contribution < -0.4 is 14.8 Å². The SMILES string of the molecule is O=S(=O)(CCc1ccccc1)Nc1ccc(CCNCC(O)COc2ccc(O)cc2)cc1. The van der Waals surface area contributed by atoms with Gasteiger partial charge in [0, 0.05) is 12.2 Å². The molecule has 0 fully saturated rings. The van der Waals surface area contributed by atoms with Crippen LogP contribution in [0, 0.1) is 0 Å². The van der Waals surface area contributed by atoms with E-state index >= 15 is 0 Å². The zero-order valence-electron chi connectivity index (χ0n) is 18.4. The number of nitrogens with one attached hydrogen (secondary N) is 2. The Morgan fingerprint density at radius 1 is 0.848 bits per heavy atom. The van der Waals surface area contributed by atoms with Gasteiger partial charge in [-0.25, -0.2) is 8.42 Å². The largest absolute Gasteiger partial charge is 0.508 e. The Bertz CT molecular complexity index is 1070. The summed E-state index contributed by atoms with van der Waals surface area (Å²) in [5.41, 5.74) is 2.59. The molecule has 33 heavy (non-hydrogen) atoms. The molecule has 3 rings (SSSR count). The second-order valence-corrected chi connectivity index (χ2v) is 9.61.